The summed E-state index contributed by atoms with van der Waals surface area (Å²) >= 11 is 1.72. The van der Waals surface area contributed by atoms with Gasteiger partial charge in [0, 0.05) is 11.4 Å². The molecule has 0 saturated carbocycles. The van der Waals surface area contributed by atoms with Gasteiger partial charge in [-0.25, -0.2) is 0 Å². The van der Waals surface area contributed by atoms with Crippen molar-refractivity contribution in [3.8, 4) is 0 Å². The van der Waals surface area contributed by atoms with E-state index in [9.17, 15) is 4.79 Å². The van der Waals surface area contributed by atoms with Gasteiger partial charge in [-0.15, -0.1) is 11.3 Å². The number of amides is 1. The highest BCUT2D eigenvalue weighted by atomic mass is 32.1. The Hall–Kier alpha value is -0.870. The average molecular weight is 294 g/mol. The molecular formula is C16H26N2OS. The fraction of sp³-hybridized carbons (Fsp3) is 0.688. The van der Waals surface area contributed by atoms with E-state index in [4.69, 9.17) is 0 Å². The van der Waals surface area contributed by atoms with Crippen LogP contribution >= 0.6 is 11.3 Å². The van der Waals surface area contributed by atoms with Crippen molar-refractivity contribution < 1.29 is 4.79 Å². The second-order valence-corrected chi connectivity index (χ2v) is 7.43. The van der Waals surface area contributed by atoms with E-state index in [0.717, 1.165) is 25.9 Å². The first-order chi connectivity index (χ1) is 9.43. The van der Waals surface area contributed by atoms with Crippen molar-refractivity contribution in [1.29, 1.82) is 0 Å². The van der Waals surface area contributed by atoms with Crippen LogP contribution in [-0.2, 0) is 11.3 Å². The molecule has 1 N–H and O–H groups in total. The highest BCUT2D eigenvalue weighted by molar-refractivity contribution is 7.10. The van der Waals surface area contributed by atoms with Gasteiger partial charge in [-0.3, -0.25) is 9.69 Å². The van der Waals surface area contributed by atoms with Crippen LogP contribution in [0.3, 0.4) is 0 Å². The largest absolute Gasteiger partial charge is 0.350 e. The Morgan fingerprint density at radius 1 is 1.55 bits per heavy atom. The van der Waals surface area contributed by atoms with Crippen LogP contribution in [0.15, 0.2) is 11.4 Å². The normalized spacial score (nSPS) is 23.4. The van der Waals surface area contributed by atoms with Gasteiger partial charge in [-0.05, 0) is 56.2 Å². The van der Waals surface area contributed by atoms with Crippen LogP contribution in [-0.4, -0.2) is 29.4 Å². The minimum atomic E-state index is -0.324. The average Bonchev–Trinajstić information content (AvgIpc) is 2.94. The molecule has 1 aromatic rings. The molecule has 3 nitrogen and oxygen atoms in total. The maximum absolute atomic E-state index is 12.6. The molecule has 2 rings (SSSR count). The lowest BCUT2D eigenvalue weighted by Crippen LogP contribution is -2.54. The van der Waals surface area contributed by atoms with E-state index in [1.165, 1.54) is 10.4 Å². The first kappa shape index (κ1) is 15.5. The molecule has 0 aromatic carbocycles. The number of hydrogen-bond acceptors (Lipinski definition) is 3. The van der Waals surface area contributed by atoms with Crippen molar-refractivity contribution in [3.05, 3.63) is 21.9 Å². The minimum Gasteiger partial charge on any atom is -0.350 e. The molecule has 1 unspecified atom stereocenters. The van der Waals surface area contributed by atoms with Crippen LogP contribution in [0.2, 0.25) is 0 Å². The monoisotopic (exact) mass is 294 g/mol. The van der Waals surface area contributed by atoms with Crippen LogP contribution < -0.4 is 5.32 Å². The molecule has 1 amide bonds. The zero-order valence-electron chi connectivity index (χ0n) is 13.0. The van der Waals surface area contributed by atoms with Gasteiger partial charge in [-0.1, -0.05) is 13.8 Å². The van der Waals surface area contributed by atoms with Crippen molar-refractivity contribution in [1.82, 2.24) is 10.2 Å². The Balaban J connectivity index is 1.98. The summed E-state index contributed by atoms with van der Waals surface area (Å²) in [6.45, 7) is 11.3. The molecule has 20 heavy (non-hydrogen) atoms. The Kier molecular flexibility index (Phi) is 4.86. The first-order valence-electron chi connectivity index (χ1n) is 7.50. The second kappa shape index (κ2) is 6.27. The lowest BCUT2D eigenvalue weighted by Gasteiger charge is -2.35. The smallest absolute Gasteiger partial charge is 0.240 e. The topological polar surface area (TPSA) is 32.3 Å². The number of aryl methyl sites for hydroxylation is 1. The van der Waals surface area contributed by atoms with E-state index >= 15 is 0 Å². The van der Waals surface area contributed by atoms with Crippen molar-refractivity contribution in [2.45, 2.75) is 52.6 Å². The lowest BCUT2D eigenvalue weighted by molar-refractivity contribution is -0.131. The number of carbonyl (C=O) groups is 1. The Bertz CT molecular complexity index is 469. The van der Waals surface area contributed by atoms with Crippen molar-refractivity contribution in [2.24, 2.45) is 5.92 Å². The highest BCUT2D eigenvalue weighted by Gasteiger charge is 2.42. The lowest BCUT2D eigenvalue weighted by atomic mass is 9.96. The number of likely N-dealkylation sites (tertiary alicyclic amines) is 1. The van der Waals surface area contributed by atoms with Gasteiger partial charge in [0.05, 0.1) is 12.1 Å². The van der Waals surface area contributed by atoms with E-state index in [2.05, 4.69) is 49.4 Å². The third-order valence-corrected chi connectivity index (χ3v) is 5.26. The molecule has 4 heteroatoms. The molecule has 0 aliphatic carbocycles. The van der Waals surface area contributed by atoms with Gasteiger partial charge in [-0.2, -0.15) is 0 Å². The Morgan fingerprint density at radius 3 is 2.90 bits per heavy atom. The van der Waals surface area contributed by atoms with Crippen LogP contribution in [0.1, 0.15) is 44.1 Å². The number of carbonyl (C=O) groups excluding carboxylic acids is 1. The maximum Gasteiger partial charge on any atom is 0.240 e. The number of thiophene rings is 1. The van der Waals surface area contributed by atoms with E-state index < -0.39 is 0 Å². The summed E-state index contributed by atoms with van der Waals surface area (Å²) in [6.07, 6.45) is 2.09. The van der Waals surface area contributed by atoms with Crippen LogP contribution in [0.4, 0.5) is 0 Å². The van der Waals surface area contributed by atoms with E-state index in [0.29, 0.717) is 12.5 Å². The molecule has 1 aliphatic heterocycles. The third kappa shape index (κ3) is 3.23. The zero-order chi connectivity index (χ0) is 14.8. The van der Waals surface area contributed by atoms with Gasteiger partial charge in [0.25, 0.3) is 0 Å². The molecule has 0 spiro atoms. The number of rotatable bonds is 5. The van der Waals surface area contributed by atoms with Gasteiger partial charge in [0.15, 0.2) is 0 Å². The van der Waals surface area contributed by atoms with Crippen LogP contribution in [0, 0.1) is 12.8 Å². The van der Waals surface area contributed by atoms with Crippen molar-refractivity contribution >= 4 is 17.2 Å². The molecule has 1 fully saturated rings. The SMILES string of the molecule is Cc1ccsc1CNC(=O)C1(C)CCCN1CC(C)C. The fourth-order valence-corrected chi connectivity index (χ4v) is 3.79. The Labute approximate surface area is 126 Å². The zero-order valence-corrected chi connectivity index (χ0v) is 13.8. The summed E-state index contributed by atoms with van der Waals surface area (Å²) in [5.74, 6) is 0.781. The molecule has 2 heterocycles. The van der Waals surface area contributed by atoms with Gasteiger partial charge in [0.1, 0.15) is 0 Å². The van der Waals surface area contributed by atoms with Gasteiger partial charge in [0.2, 0.25) is 5.91 Å². The van der Waals surface area contributed by atoms with Crippen molar-refractivity contribution in [2.75, 3.05) is 13.1 Å². The summed E-state index contributed by atoms with van der Waals surface area (Å²) in [5, 5.41) is 5.22. The quantitative estimate of drug-likeness (QED) is 0.904. The molecular weight excluding hydrogens is 268 g/mol. The summed E-state index contributed by atoms with van der Waals surface area (Å²) in [7, 11) is 0. The van der Waals surface area contributed by atoms with E-state index in [1.807, 2.05) is 0 Å². The number of nitrogens with zero attached hydrogens (tertiary/aromatic N) is 1. The first-order valence-corrected chi connectivity index (χ1v) is 8.38. The third-order valence-electron chi connectivity index (χ3n) is 4.24. The predicted octanol–water partition coefficient (Wildman–Crippen LogP) is 3.18. The van der Waals surface area contributed by atoms with Crippen molar-refractivity contribution in [3.63, 3.8) is 0 Å². The standard InChI is InChI=1S/C16H26N2OS/c1-12(2)11-18-8-5-7-16(18,4)15(19)17-10-14-13(3)6-9-20-14/h6,9,12H,5,7-8,10-11H2,1-4H3,(H,17,19). The van der Waals surface area contributed by atoms with Crippen LogP contribution in [0.5, 0.6) is 0 Å². The number of hydrogen-bond donors (Lipinski definition) is 1. The minimum absolute atomic E-state index is 0.184. The van der Waals surface area contributed by atoms with E-state index in [1.54, 1.807) is 11.3 Å². The summed E-state index contributed by atoms with van der Waals surface area (Å²) < 4.78 is 0. The molecule has 1 aromatic heterocycles. The molecule has 1 saturated heterocycles. The fourth-order valence-electron chi connectivity index (χ4n) is 2.95. The molecule has 1 aliphatic rings. The molecule has 112 valence electrons. The van der Waals surface area contributed by atoms with Crippen LogP contribution in [0.25, 0.3) is 0 Å². The van der Waals surface area contributed by atoms with E-state index in [-0.39, 0.29) is 11.4 Å². The molecule has 0 bridgehead atoms. The predicted molar refractivity (Wildman–Crippen MR) is 85.0 cm³/mol. The summed E-state index contributed by atoms with van der Waals surface area (Å²) in [5.41, 5.74) is 0.945. The highest BCUT2D eigenvalue weighted by Crippen LogP contribution is 2.30. The molecule has 1 atom stereocenters. The Morgan fingerprint density at radius 2 is 2.30 bits per heavy atom. The maximum atomic E-state index is 12.6. The summed E-state index contributed by atoms with van der Waals surface area (Å²) in [4.78, 5) is 16.2. The second-order valence-electron chi connectivity index (χ2n) is 6.43. The number of nitrogens with one attached hydrogen (secondary N) is 1. The van der Waals surface area contributed by atoms with Gasteiger partial charge < -0.3 is 5.32 Å². The molecule has 0 radical (unpaired) electrons. The van der Waals surface area contributed by atoms with Gasteiger partial charge >= 0.3 is 0 Å². The summed E-state index contributed by atoms with van der Waals surface area (Å²) in [6, 6.07) is 2.11.